The third-order valence-electron chi connectivity index (χ3n) is 3.33. The van der Waals surface area contributed by atoms with Crippen molar-refractivity contribution in [1.82, 2.24) is 15.0 Å². The second-order valence-corrected chi connectivity index (χ2v) is 5.05. The molecule has 0 atom stereocenters. The molecular weight excluding hydrogens is 250 g/mol. The number of fused-ring (bicyclic) bond motifs is 1. The SMILES string of the molecule is CCCc1ccc2nn(-c3cc(C)ccc3O)nc2c1. The van der Waals surface area contributed by atoms with Crippen molar-refractivity contribution in [3.05, 3.63) is 47.5 Å². The molecule has 0 fully saturated rings. The Bertz CT molecular complexity index is 762. The molecule has 0 spiro atoms. The molecule has 1 N–H and O–H groups in total. The quantitative estimate of drug-likeness (QED) is 0.791. The molecule has 0 radical (unpaired) electrons. The highest BCUT2D eigenvalue weighted by Crippen LogP contribution is 2.23. The van der Waals surface area contributed by atoms with Gasteiger partial charge in [-0.3, -0.25) is 0 Å². The van der Waals surface area contributed by atoms with Crippen LogP contribution in [0.15, 0.2) is 36.4 Å². The molecule has 0 amide bonds. The first kappa shape index (κ1) is 12.7. The zero-order chi connectivity index (χ0) is 14.1. The summed E-state index contributed by atoms with van der Waals surface area (Å²) in [6.45, 7) is 4.14. The van der Waals surface area contributed by atoms with Gasteiger partial charge in [-0.05, 0) is 48.7 Å². The average Bonchev–Trinajstić information content (AvgIpc) is 2.85. The largest absolute Gasteiger partial charge is 0.506 e. The molecular formula is C16H17N3O. The smallest absolute Gasteiger partial charge is 0.143 e. The van der Waals surface area contributed by atoms with E-state index in [1.165, 1.54) is 10.4 Å². The molecule has 4 heteroatoms. The van der Waals surface area contributed by atoms with Crippen molar-refractivity contribution < 1.29 is 5.11 Å². The lowest BCUT2D eigenvalue weighted by Gasteiger charge is -2.03. The van der Waals surface area contributed by atoms with Crippen molar-refractivity contribution in [3.8, 4) is 11.4 Å². The molecule has 1 aromatic heterocycles. The number of benzene rings is 2. The Morgan fingerprint density at radius 1 is 1.05 bits per heavy atom. The lowest BCUT2D eigenvalue weighted by Crippen LogP contribution is -1.99. The van der Waals surface area contributed by atoms with E-state index in [4.69, 9.17) is 0 Å². The second-order valence-electron chi connectivity index (χ2n) is 5.05. The van der Waals surface area contributed by atoms with Crippen molar-refractivity contribution in [2.24, 2.45) is 0 Å². The second kappa shape index (κ2) is 4.96. The minimum atomic E-state index is 0.185. The van der Waals surface area contributed by atoms with Gasteiger partial charge in [0.05, 0.1) is 0 Å². The summed E-state index contributed by atoms with van der Waals surface area (Å²) in [5.74, 6) is 0.185. The number of nitrogens with zero attached hydrogens (tertiary/aromatic N) is 3. The van der Waals surface area contributed by atoms with E-state index in [-0.39, 0.29) is 5.75 Å². The van der Waals surface area contributed by atoms with E-state index < -0.39 is 0 Å². The Balaban J connectivity index is 2.10. The van der Waals surface area contributed by atoms with Crippen LogP contribution < -0.4 is 0 Å². The maximum absolute atomic E-state index is 9.95. The van der Waals surface area contributed by atoms with Crippen LogP contribution in [0.3, 0.4) is 0 Å². The highest BCUT2D eigenvalue weighted by Gasteiger charge is 2.09. The van der Waals surface area contributed by atoms with Gasteiger partial charge in [0, 0.05) is 0 Å². The van der Waals surface area contributed by atoms with E-state index in [0.29, 0.717) is 5.69 Å². The van der Waals surface area contributed by atoms with Crippen LogP contribution in [0.2, 0.25) is 0 Å². The summed E-state index contributed by atoms with van der Waals surface area (Å²) in [7, 11) is 0. The van der Waals surface area contributed by atoms with Crippen LogP contribution >= 0.6 is 0 Å². The van der Waals surface area contributed by atoms with Crippen LogP contribution in [0.5, 0.6) is 5.75 Å². The average molecular weight is 267 g/mol. The lowest BCUT2D eigenvalue weighted by atomic mass is 10.1. The molecule has 20 heavy (non-hydrogen) atoms. The molecule has 102 valence electrons. The first-order chi connectivity index (χ1) is 9.67. The minimum absolute atomic E-state index is 0.185. The predicted molar refractivity (Wildman–Crippen MR) is 79.3 cm³/mol. The highest BCUT2D eigenvalue weighted by atomic mass is 16.3. The number of phenols is 1. The molecule has 4 nitrogen and oxygen atoms in total. The molecule has 0 aliphatic heterocycles. The minimum Gasteiger partial charge on any atom is -0.506 e. The predicted octanol–water partition coefficient (Wildman–Crippen LogP) is 3.39. The maximum Gasteiger partial charge on any atom is 0.143 e. The molecule has 3 rings (SSSR count). The van der Waals surface area contributed by atoms with Crippen molar-refractivity contribution in [1.29, 1.82) is 0 Å². The van der Waals surface area contributed by atoms with Gasteiger partial charge in [-0.2, -0.15) is 0 Å². The van der Waals surface area contributed by atoms with Crippen LogP contribution in [0.25, 0.3) is 16.7 Å². The Kier molecular flexibility index (Phi) is 3.14. The van der Waals surface area contributed by atoms with E-state index in [1.54, 1.807) is 6.07 Å². The van der Waals surface area contributed by atoms with E-state index in [0.717, 1.165) is 29.4 Å². The fraction of sp³-hybridized carbons (Fsp3) is 0.250. The number of aryl methyl sites for hydroxylation is 2. The fourth-order valence-corrected chi connectivity index (χ4v) is 2.31. The van der Waals surface area contributed by atoms with Crippen LogP contribution in [-0.2, 0) is 6.42 Å². The standard InChI is InChI=1S/C16H17N3O/c1-3-4-12-6-7-13-14(10-12)18-19(17-13)15-9-11(2)5-8-16(15)20/h5-10,20H,3-4H2,1-2H3. The van der Waals surface area contributed by atoms with Gasteiger partial charge < -0.3 is 5.11 Å². The van der Waals surface area contributed by atoms with Crippen LogP contribution in [-0.4, -0.2) is 20.1 Å². The van der Waals surface area contributed by atoms with Crippen molar-refractivity contribution in [3.63, 3.8) is 0 Å². The zero-order valence-corrected chi connectivity index (χ0v) is 11.7. The summed E-state index contributed by atoms with van der Waals surface area (Å²) in [6, 6.07) is 11.5. The number of phenolic OH excluding ortho intramolecular Hbond substituents is 1. The number of aromatic hydroxyl groups is 1. The van der Waals surface area contributed by atoms with Crippen molar-refractivity contribution in [2.45, 2.75) is 26.7 Å². The Morgan fingerprint density at radius 3 is 2.65 bits per heavy atom. The third kappa shape index (κ3) is 2.25. The summed E-state index contributed by atoms with van der Waals surface area (Å²) < 4.78 is 0. The van der Waals surface area contributed by atoms with Gasteiger partial charge in [-0.25, -0.2) is 0 Å². The van der Waals surface area contributed by atoms with Crippen molar-refractivity contribution in [2.75, 3.05) is 0 Å². The normalized spacial score (nSPS) is 11.1. The van der Waals surface area contributed by atoms with Crippen LogP contribution in [0, 0.1) is 6.92 Å². The van der Waals surface area contributed by atoms with Gasteiger partial charge in [0.15, 0.2) is 0 Å². The monoisotopic (exact) mass is 267 g/mol. The van der Waals surface area contributed by atoms with Gasteiger partial charge in [0.1, 0.15) is 22.5 Å². The van der Waals surface area contributed by atoms with Crippen molar-refractivity contribution >= 4 is 11.0 Å². The van der Waals surface area contributed by atoms with E-state index >= 15 is 0 Å². The molecule has 3 aromatic rings. The molecule has 0 aliphatic carbocycles. The van der Waals surface area contributed by atoms with E-state index in [9.17, 15) is 5.11 Å². The van der Waals surface area contributed by atoms with E-state index in [2.05, 4.69) is 29.3 Å². The fourth-order valence-electron chi connectivity index (χ4n) is 2.31. The Labute approximate surface area is 117 Å². The molecule has 0 unspecified atom stereocenters. The highest BCUT2D eigenvalue weighted by molar-refractivity contribution is 5.74. The maximum atomic E-state index is 9.95. The van der Waals surface area contributed by atoms with Gasteiger partial charge in [-0.1, -0.05) is 25.5 Å². The number of hydrogen-bond acceptors (Lipinski definition) is 3. The molecule has 0 saturated heterocycles. The first-order valence-electron chi connectivity index (χ1n) is 6.83. The number of hydrogen-bond donors (Lipinski definition) is 1. The summed E-state index contributed by atoms with van der Waals surface area (Å²) >= 11 is 0. The Morgan fingerprint density at radius 2 is 1.85 bits per heavy atom. The van der Waals surface area contributed by atoms with E-state index in [1.807, 2.05) is 25.1 Å². The molecule has 0 saturated carbocycles. The van der Waals surface area contributed by atoms with Gasteiger partial charge >= 0.3 is 0 Å². The van der Waals surface area contributed by atoms with Gasteiger partial charge in [0.2, 0.25) is 0 Å². The number of rotatable bonds is 3. The van der Waals surface area contributed by atoms with Gasteiger partial charge in [0.25, 0.3) is 0 Å². The summed E-state index contributed by atoms with van der Waals surface area (Å²) in [5, 5.41) is 18.9. The lowest BCUT2D eigenvalue weighted by molar-refractivity contribution is 0.467. The molecule has 2 aromatic carbocycles. The molecule has 1 heterocycles. The molecule has 0 bridgehead atoms. The van der Waals surface area contributed by atoms with Crippen LogP contribution in [0.4, 0.5) is 0 Å². The zero-order valence-electron chi connectivity index (χ0n) is 11.7. The Hall–Kier alpha value is -2.36. The summed E-state index contributed by atoms with van der Waals surface area (Å²) in [6.07, 6.45) is 2.15. The topological polar surface area (TPSA) is 50.9 Å². The first-order valence-corrected chi connectivity index (χ1v) is 6.83. The third-order valence-corrected chi connectivity index (χ3v) is 3.33. The molecule has 0 aliphatic rings. The number of aromatic nitrogens is 3. The van der Waals surface area contributed by atoms with Crippen LogP contribution in [0.1, 0.15) is 24.5 Å². The van der Waals surface area contributed by atoms with Gasteiger partial charge in [-0.15, -0.1) is 15.0 Å². The summed E-state index contributed by atoms with van der Waals surface area (Å²) in [4.78, 5) is 1.50. The summed E-state index contributed by atoms with van der Waals surface area (Å²) in [5.41, 5.74) is 4.63.